The lowest BCUT2D eigenvalue weighted by atomic mass is 9.75. The Balaban J connectivity index is 1.91. The van der Waals surface area contributed by atoms with Crippen LogP contribution in [0.4, 0.5) is 0 Å². The third kappa shape index (κ3) is 3.54. The molecule has 0 spiro atoms. The molecular formula is C15H27NO. The van der Waals surface area contributed by atoms with Crippen molar-refractivity contribution in [3.8, 4) is 0 Å². The second-order valence-electron chi connectivity index (χ2n) is 6.10. The maximum atomic E-state index is 11.5. The minimum Gasteiger partial charge on any atom is -0.303 e. The van der Waals surface area contributed by atoms with Gasteiger partial charge in [-0.25, -0.2) is 0 Å². The van der Waals surface area contributed by atoms with Gasteiger partial charge in [0.15, 0.2) is 0 Å². The number of rotatable bonds is 7. The van der Waals surface area contributed by atoms with Gasteiger partial charge in [0.2, 0.25) is 0 Å². The van der Waals surface area contributed by atoms with E-state index in [0.717, 1.165) is 25.4 Å². The van der Waals surface area contributed by atoms with Crippen molar-refractivity contribution in [3.63, 3.8) is 0 Å². The number of aldehydes is 1. The lowest BCUT2D eigenvalue weighted by Crippen LogP contribution is -2.41. The summed E-state index contributed by atoms with van der Waals surface area (Å²) in [5.41, 5.74) is 0.00851. The Morgan fingerprint density at radius 1 is 1.24 bits per heavy atom. The number of carbonyl (C=O) groups excluding carboxylic acids is 1. The summed E-state index contributed by atoms with van der Waals surface area (Å²) in [4.78, 5) is 14.1. The SMILES string of the molecule is CCCCN(CC1(C=O)CCCCC1)C1CC1. The van der Waals surface area contributed by atoms with Gasteiger partial charge in [-0.2, -0.15) is 0 Å². The Kier molecular flexibility index (Phi) is 4.61. The van der Waals surface area contributed by atoms with E-state index in [1.165, 1.54) is 57.8 Å². The van der Waals surface area contributed by atoms with Gasteiger partial charge in [-0.05, 0) is 38.6 Å². The summed E-state index contributed by atoms with van der Waals surface area (Å²) in [5.74, 6) is 0. The molecule has 0 saturated heterocycles. The summed E-state index contributed by atoms with van der Waals surface area (Å²) < 4.78 is 0. The Labute approximate surface area is 106 Å². The number of unbranched alkanes of at least 4 members (excludes halogenated alkanes) is 1. The molecule has 0 aliphatic heterocycles. The van der Waals surface area contributed by atoms with Crippen LogP contribution < -0.4 is 0 Å². The lowest BCUT2D eigenvalue weighted by molar-refractivity contribution is -0.119. The molecule has 2 aliphatic rings. The zero-order chi connectivity index (χ0) is 12.1. The first kappa shape index (κ1) is 13.1. The lowest BCUT2D eigenvalue weighted by Gasteiger charge is -2.37. The first-order valence-corrected chi connectivity index (χ1v) is 7.50. The molecule has 2 heteroatoms. The number of hydrogen-bond acceptors (Lipinski definition) is 2. The average molecular weight is 237 g/mol. The van der Waals surface area contributed by atoms with Crippen molar-refractivity contribution in [2.24, 2.45) is 5.41 Å². The summed E-state index contributed by atoms with van der Waals surface area (Å²) in [7, 11) is 0. The molecule has 0 amide bonds. The van der Waals surface area contributed by atoms with Gasteiger partial charge in [0.1, 0.15) is 6.29 Å². The van der Waals surface area contributed by atoms with Crippen molar-refractivity contribution in [1.29, 1.82) is 0 Å². The van der Waals surface area contributed by atoms with Crippen LogP contribution in [0.2, 0.25) is 0 Å². The third-order valence-corrected chi connectivity index (χ3v) is 4.48. The molecule has 0 unspecified atom stereocenters. The highest BCUT2D eigenvalue weighted by molar-refractivity contribution is 5.60. The molecule has 0 aromatic heterocycles. The molecule has 0 radical (unpaired) electrons. The van der Waals surface area contributed by atoms with Crippen molar-refractivity contribution in [2.45, 2.75) is 70.8 Å². The monoisotopic (exact) mass is 237 g/mol. The smallest absolute Gasteiger partial charge is 0.127 e. The summed E-state index contributed by atoms with van der Waals surface area (Å²) in [6.07, 6.45) is 12.6. The van der Waals surface area contributed by atoms with Crippen molar-refractivity contribution < 1.29 is 4.79 Å². The molecule has 0 aromatic carbocycles. The normalized spacial score (nSPS) is 23.9. The van der Waals surface area contributed by atoms with E-state index in [-0.39, 0.29) is 5.41 Å². The minimum atomic E-state index is 0.00851. The highest BCUT2D eigenvalue weighted by atomic mass is 16.1. The highest BCUT2D eigenvalue weighted by Gasteiger charge is 2.38. The van der Waals surface area contributed by atoms with Crippen LogP contribution in [0.25, 0.3) is 0 Å². The predicted octanol–water partition coefficient (Wildman–Crippen LogP) is 3.40. The summed E-state index contributed by atoms with van der Waals surface area (Å²) >= 11 is 0. The van der Waals surface area contributed by atoms with Gasteiger partial charge in [-0.15, -0.1) is 0 Å². The van der Waals surface area contributed by atoms with Gasteiger partial charge in [0.25, 0.3) is 0 Å². The number of nitrogens with zero attached hydrogens (tertiary/aromatic N) is 1. The Hall–Kier alpha value is -0.370. The molecule has 17 heavy (non-hydrogen) atoms. The maximum absolute atomic E-state index is 11.5. The van der Waals surface area contributed by atoms with E-state index in [1.54, 1.807) is 0 Å². The molecule has 0 atom stereocenters. The Bertz CT molecular complexity index is 241. The maximum Gasteiger partial charge on any atom is 0.127 e. The first-order valence-electron chi connectivity index (χ1n) is 7.50. The highest BCUT2D eigenvalue weighted by Crippen LogP contribution is 2.38. The average Bonchev–Trinajstić information content (AvgIpc) is 3.20. The van der Waals surface area contributed by atoms with Crippen LogP contribution in [0.1, 0.15) is 64.7 Å². The fraction of sp³-hybridized carbons (Fsp3) is 0.933. The van der Waals surface area contributed by atoms with E-state index < -0.39 is 0 Å². The van der Waals surface area contributed by atoms with Crippen LogP contribution in [0, 0.1) is 5.41 Å². The van der Waals surface area contributed by atoms with Gasteiger partial charge in [-0.1, -0.05) is 32.6 Å². The van der Waals surface area contributed by atoms with E-state index >= 15 is 0 Å². The molecular weight excluding hydrogens is 210 g/mol. The molecule has 0 bridgehead atoms. The van der Waals surface area contributed by atoms with Gasteiger partial charge in [0, 0.05) is 18.0 Å². The molecule has 2 rings (SSSR count). The third-order valence-electron chi connectivity index (χ3n) is 4.48. The summed E-state index contributed by atoms with van der Waals surface area (Å²) in [6, 6.07) is 0.806. The Morgan fingerprint density at radius 2 is 1.94 bits per heavy atom. The minimum absolute atomic E-state index is 0.00851. The molecule has 2 saturated carbocycles. The fourth-order valence-corrected chi connectivity index (χ4v) is 3.17. The molecule has 2 fully saturated rings. The van der Waals surface area contributed by atoms with Gasteiger partial charge in [-0.3, -0.25) is 4.90 Å². The zero-order valence-electron chi connectivity index (χ0n) is 11.3. The van der Waals surface area contributed by atoms with Crippen LogP contribution in [0.5, 0.6) is 0 Å². The zero-order valence-corrected chi connectivity index (χ0v) is 11.3. The number of hydrogen-bond donors (Lipinski definition) is 0. The second kappa shape index (κ2) is 5.99. The van der Waals surface area contributed by atoms with Gasteiger partial charge < -0.3 is 4.79 Å². The molecule has 2 aliphatic carbocycles. The van der Waals surface area contributed by atoms with Gasteiger partial charge >= 0.3 is 0 Å². The van der Waals surface area contributed by atoms with Crippen molar-refractivity contribution in [2.75, 3.05) is 13.1 Å². The van der Waals surface area contributed by atoms with Crippen LogP contribution in [0.3, 0.4) is 0 Å². The van der Waals surface area contributed by atoms with E-state index in [4.69, 9.17) is 0 Å². The quantitative estimate of drug-likeness (QED) is 0.633. The van der Waals surface area contributed by atoms with Crippen molar-refractivity contribution in [1.82, 2.24) is 4.90 Å². The predicted molar refractivity (Wildman–Crippen MR) is 71.1 cm³/mol. The fourth-order valence-electron chi connectivity index (χ4n) is 3.17. The second-order valence-corrected chi connectivity index (χ2v) is 6.10. The van der Waals surface area contributed by atoms with E-state index in [0.29, 0.717) is 0 Å². The van der Waals surface area contributed by atoms with Crippen LogP contribution >= 0.6 is 0 Å². The van der Waals surface area contributed by atoms with E-state index in [1.807, 2.05) is 0 Å². The number of carbonyl (C=O) groups is 1. The molecule has 0 N–H and O–H groups in total. The van der Waals surface area contributed by atoms with E-state index in [2.05, 4.69) is 11.8 Å². The standard InChI is InChI=1S/C15H27NO/c1-2-3-11-16(14-7-8-14)12-15(13-17)9-5-4-6-10-15/h13-14H,2-12H2,1H3. The Morgan fingerprint density at radius 3 is 2.47 bits per heavy atom. The van der Waals surface area contributed by atoms with Crippen LogP contribution in [-0.2, 0) is 4.79 Å². The molecule has 0 aromatic rings. The van der Waals surface area contributed by atoms with Crippen LogP contribution in [-0.4, -0.2) is 30.3 Å². The summed E-state index contributed by atoms with van der Waals surface area (Å²) in [5, 5.41) is 0. The van der Waals surface area contributed by atoms with Gasteiger partial charge in [0.05, 0.1) is 0 Å². The van der Waals surface area contributed by atoms with Crippen molar-refractivity contribution in [3.05, 3.63) is 0 Å². The van der Waals surface area contributed by atoms with Crippen LogP contribution in [0.15, 0.2) is 0 Å². The first-order chi connectivity index (χ1) is 8.29. The summed E-state index contributed by atoms with van der Waals surface area (Å²) in [6.45, 7) is 4.50. The topological polar surface area (TPSA) is 20.3 Å². The molecule has 0 heterocycles. The largest absolute Gasteiger partial charge is 0.303 e. The molecule has 98 valence electrons. The van der Waals surface area contributed by atoms with E-state index in [9.17, 15) is 4.79 Å². The van der Waals surface area contributed by atoms with Crippen molar-refractivity contribution >= 4 is 6.29 Å². The molecule has 2 nitrogen and oxygen atoms in total.